The molecule has 2 rings (SSSR count). The number of ether oxygens (including phenoxy) is 1. The molecule has 1 unspecified atom stereocenters. The summed E-state index contributed by atoms with van der Waals surface area (Å²) in [5.74, 6) is 0.491. The van der Waals surface area contributed by atoms with Gasteiger partial charge in [-0.2, -0.15) is 0 Å². The molecule has 0 spiro atoms. The van der Waals surface area contributed by atoms with Crippen molar-refractivity contribution in [2.45, 2.75) is 51.4 Å². The van der Waals surface area contributed by atoms with E-state index in [-0.39, 0.29) is 11.6 Å². The number of pyridine rings is 2. The van der Waals surface area contributed by atoms with Crippen molar-refractivity contribution in [3.8, 4) is 5.88 Å². The minimum Gasteiger partial charge on any atom is -0.481 e. The number of aromatic nitrogens is 2. The molecule has 0 amide bonds. The summed E-state index contributed by atoms with van der Waals surface area (Å²) in [7, 11) is -0.345. The summed E-state index contributed by atoms with van der Waals surface area (Å²) < 4.78 is 11.3. The monoisotopic (exact) mass is 382 g/mol. The fraction of sp³-hybridized carbons (Fsp3) is 0.556. The van der Waals surface area contributed by atoms with Crippen LogP contribution in [0.5, 0.6) is 5.88 Å². The third-order valence-corrected chi connectivity index (χ3v) is 9.66. The molecule has 2 aromatic heterocycles. The van der Waals surface area contributed by atoms with Crippen LogP contribution in [0.1, 0.15) is 26.3 Å². The summed E-state index contributed by atoms with van der Waals surface area (Å²) >= 11 is 6.32. The molecule has 25 heavy (non-hydrogen) atoms. The lowest BCUT2D eigenvalue weighted by Crippen LogP contribution is -2.42. The molecule has 0 fully saturated rings. The predicted molar refractivity (Wildman–Crippen MR) is 104 cm³/mol. The highest BCUT2D eigenvalue weighted by Crippen LogP contribution is 2.36. The van der Waals surface area contributed by atoms with Crippen molar-refractivity contribution in [2.75, 3.05) is 13.7 Å². The summed E-state index contributed by atoms with van der Waals surface area (Å²) in [6.07, 6.45) is 1.28. The molecule has 0 saturated heterocycles. The maximum atomic E-state index is 10.5. The Morgan fingerprint density at radius 3 is 2.56 bits per heavy atom. The summed E-state index contributed by atoms with van der Waals surface area (Å²) in [5.41, 5.74) is 2.13. The van der Waals surface area contributed by atoms with Crippen LogP contribution < -0.4 is 4.74 Å². The second-order valence-corrected chi connectivity index (χ2v) is 13.0. The van der Waals surface area contributed by atoms with Crippen LogP contribution in [0.15, 0.2) is 18.3 Å². The van der Waals surface area contributed by atoms with Crippen molar-refractivity contribution < 1.29 is 14.3 Å². The second kappa shape index (κ2) is 7.58. The maximum absolute atomic E-state index is 10.5. The van der Waals surface area contributed by atoms with Crippen molar-refractivity contribution in [3.05, 3.63) is 28.9 Å². The molecule has 0 aliphatic carbocycles. The van der Waals surface area contributed by atoms with Crippen LogP contribution in [0.25, 0.3) is 11.0 Å². The Hall–Kier alpha value is -1.21. The van der Waals surface area contributed by atoms with Gasteiger partial charge in [-0.05, 0) is 24.2 Å². The van der Waals surface area contributed by atoms with E-state index in [1.54, 1.807) is 19.4 Å². The molecule has 7 heteroatoms. The van der Waals surface area contributed by atoms with Gasteiger partial charge in [0.1, 0.15) is 0 Å². The van der Waals surface area contributed by atoms with E-state index in [1.165, 1.54) is 0 Å². The Morgan fingerprint density at radius 1 is 1.28 bits per heavy atom. The quantitative estimate of drug-likeness (QED) is 0.758. The van der Waals surface area contributed by atoms with Crippen LogP contribution in [0.4, 0.5) is 0 Å². The van der Waals surface area contributed by atoms with Gasteiger partial charge in [-0.1, -0.05) is 32.4 Å². The first-order valence-electron chi connectivity index (χ1n) is 8.35. The van der Waals surface area contributed by atoms with Crippen molar-refractivity contribution in [2.24, 2.45) is 0 Å². The highest BCUT2D eigenvalue weighted by Gasteiger charge is 2.37. The van der Waals surface area contributed by atoms with Crippen molar-refractivity contribution in [1.82, 2.24) is 9.97 Å². The van der Waals surface area contributed by atoms with Gasteiger partial charge in [0.05, 0.1) is 35.9 Å². The van der Waals surface area contributed by atoms with Gasteiger partial charge in [0.15, 0.2) is 8.32 Å². The molecule has 2 heterocycles. The van der Waals surface area contributed by atoms with Crippen LogP contribution >= 0.6 is 11.6 Å². The molecule has 5 nitrogen and oxygen atoms in total. The molecule has 0 radical (unpaired) electrons. The van der Waals surface area contributed by atoms with E-state index in [1.807, 2.05) is 6.07 Å². The van der Waals surface area contributed by atoms with Gasteiger partial charge in [0.25, 0.3) is 0 Å². The number of hydrogen-bond donors (Lipinski definition) is 1. The first-order valence-corrected chi connectivity index (χ1v) is 11.6. The van der Waals surface area contributed by atoms with Crippen molar-refractivity contribution in [1.29, 1.82) is 0 Å². The fourth-order valence-electron chi connectivity index (χ4n) is 2.20. The average Bonchev–Trinajstić information content (AvgIpc) is 2.54. The molecule has 0 saturated carbocycles. The van der Waals surface area contributed by atoms with Crippen molar-refractivity contribution in [3.63, 3.8) is 0 Å². The topological polar surface area (TPSA) is 64.5 Å². The Balaban J connectivity index is 2.20. The van der Waals surface area contributed by atoms with Crippen LogP contribution in [0.2, 0.25) is 23.2 Å². The molecular formula is C18H27ClN2O3Si. The van der Waals surface area contributed by atoms with Gasteiger partial charge in [0, 0.05) is 24.2 Å². The maximum Gasteiger partial charge on any atom is 0.213 e. The number of aliphatic hydroxyl groups excluding tert-OH is 1. The molecule has 0 aliphatic rings. The lowest BCUT2D eigenvalue weighted by molar-refractivity contribution is 0.100. The molecule has 0 aromatic carbocycles. The molecule has 0 aliphatic heterocycles. The van der Waals surface area contributed by atoms with Gasteiger partial charge in [0.2, 0.25) is 5.88 Å². The number of fused-ring (bicyclic) bond motifs is 1. The highest BCUT2D eigenvalue weighted by atomic mass is 35.5. The Bertz CT molecular complexity index is 747. The number of aliphatic hydroxyl groups is 1. The zero-order chi connectivity index (χ0) is 18.8. The van der Waals surface area contributed by atoms with E-state index in [4.69, 9.17) is 20.8 Å². The fourth-order valence-corrected chi connectivity index (χ4v) is 3.46. The number of methoxy groups -OCH3 is 1. The van der Waals surface area contributed by atoms with Crippen LogP contribution in [0.3, 0.4) is 0 Å². The van der Waals surface area contributed by atoms with E-state index in [2.05, 4.69) is 43.8 Å². The summed E-state index contributed by atoms with van der Waals surface area (Å²) in [4.78, 5) is 8.73. The van der Waals surface area contributed by atoms with Gasteiger partial charge < -0.3 is 14.3 Å². The largest absolute Gasteiger partial charge is 0.481 e. The molecule has 0 bridgehead atoms. The van der Waals surface area contributed by atoms with Crippen molar-refractivity contribution >= 4 is 31.0 Å². The number of rotatable bonds is 6. The van der Waals surface area contributed by atoms with E-state index in [0.717, 1.165) is 11.1 Å². The molecule has 138 valence electrons. The van der Waals surface area contributed by atoms with Crippen LogP contribution in [-0.4, -0.2) is 43.2 Å². The first kappa shape index (κ1) is 20.1. The average molecular weight is 383 g/mol. The molecule has 1 atom stereocenters. The lowest BCUT2D eigenvalue weighted by atomic mass is 10.1. The standard InChI is InChI=1S/C18H27ClN2O3Si/c1-18(2,3)25(5,6)24-11-12(22)9-13-14(19)10-20-15-7-8-16(23-4)21-17(13)15/h7-8,10,12,22H,9,11H2,1-6H3. The third-order valence-electron chi connectivity index (χ3n) is 4.83. The van der Waals surface area contributed by atoms with Gasteiger partial charge in [-0.25, -0.2) is 4.98 Å². The summed E-state index contributed by atoms with van der Waals surface area (Å²) in [5, 5.41) is 11.1. The molecule has 1 N–H and O–H groups in total. The van der Waals surface area contributed by atoms with Gasteiger partial charge >= 0.3 is 0 Å². The number of halogens is 1. The van der Waals surface area contributed by atoms with E-state index in [0.29, 0.717) is 22.8 Å². The van der Waals surface area contributed by atoms with Gasteiger partial charge in [-0.15, -0.1) is 0 Å². The minimum absolute atomic E-state index is 0.0999. The third kappa shape index (κ3) is 4.70. The van der Waals surface area contributed by atoms with E-state index >= 15 is 0 Å². The molecular weight excluding hydrogens is 356 g/mol. The van der Waals surface area contributed by atoms with E-state index < -0.39 is 14.4 Å². The summed E-state index contributed by atoms with van der Waals surface area (Å²) in [6, 6.07) is 3.59. The Kier molecular flexibility index (Phi) is 6.09. The van der Waals surface area contributed by atoms with E-state index in [9.17, 15) is 5.11 Å². The Labute approximate surface area is 155 Å². The highest BCUT2D eigenvalue weighted by molar-refractivity contribution is 6.74. The zero-order valence-electron chi connectivity index (χ0n) is 15.8. The Morgan fingerprint density at radius 2 is 1.96 bits per heavy atom. The van der Waals surface area contributed by atoms with Crippen LogP contribution in [-0.2, 0) is 10.8 Å². The van der Waals surface area contributed by atoms with Gasteiger partial charge in [-0.3, -0.25) is 4.98 Å². The smallest absolute Gasteiger partial charge is 0.213 e. The minimum atomic E-state index is -1.91. The number of nitrogens with zero attached hydrogens (tertiary/aromatic N) is 2. The first-order chi connectivity index (χ1) is 11.5. The number of hydrogen-bond acceptors (Lipinski definition) is 5. The second-order valence-electron chi connectivity index (χ2n) is 7.74. The molecule has 2 aromatic rings. The SMILES string of the molecule is COc1ccc2ncc(Cl)c(CC(O)CO[Si](C)(C)C(C)(C)C)c2n1. The predicted octanol–water partition coefficient (Wildman–Crippen LogP) is 4.22. The zero-order valence-corrected chi connectivity index (χ0v) is 17.5. The lowest BCUT2D eigenvalue weighted by Gasteiger charge is -2.36. The summed E-state index contributed by atoms with van der Waals surface area (Å²) in [6.45, 7) is 11.1. The normalized spacial score (nSPS) is 13.9. The van der Waals surface area contributed by atoms with Crippen LogP contribution in [0, 0.1) is 0 Å².